The van der Waals surface area contributed by atoms with Crippen LogP contribution in [0, 0.1) is 13.8 Å². The van der Waals surface area contributed by atoms with Crippen LogP contribution in [0.25, 0.3) is 0 Å². The van der Waals surface area contributed by atoms with Crippen LogP contribution in [0.5, 0.6) is 5.75 Å². The summed E-state index contributed by atoms with van der Waals surface area (Å²) in [7, 11) is 3.58. The Kier molecular flexibility index (Phi) is 4.69. The van der Waals surface area contributed by atoms with Crippen molar-refractivity contribution in [2.24, 2.45) is 0 Å². The first-order valence-electron chi connectivity index (χ1n) is 6.64. The van der Waals surface area contributed by atoms with Crippen LogP contribution < -0.4 is 10.1 Å². The van der Waals surface area contributed by atoms with Crippen LogP contribution in [0.3, 0.4) is 0 Å². The molecule has 0 heterocycles. The summed E-state index contributed by atoms with van der Waals surface area (Å²) in [5, 5.41) is 3.98. The first kappa shape index (κ1) is 14.9. The molecule has 1 N–H and O–H groups in total. The van der Waals surface area contributed by atoms with Gasteiger partial charge in [-0.1, -0.05) is 35.9 Å². The first-order valence-corrected chi connectivity index (χ1v) is 7.02. The fourth-order valence-corrected chi connectivity index (χ4v) is 2.60. The topological polar surface area (TPSA) is 21.3 Å². The normalized spacial score (nSPS) is 12.2. The number of ether oxygens (including phenoxy) is 1. The van der Waals surface area contributed by atoms with Gasteiger partial charge in [-0.15, -0.1) is 0 Å². The largest absolute Gasteiger partial charge is 0.495 e. The van der Waals surface area contributed by atoms with E-state index in [2.05, 4.69) is 37.4 Å². The number of benzene rings is 2. The average Bonchev–Trinajstić information content (AvgIpc) is 2.44. The number of halogens is 1. The highest BCUT2D eigenvalue weighted by Crippen LogP contribution is 2.30. The van der Waals surface area contributed by atoms with E-state index in [1.54, 1.807) is 7.11 Å². The molecule has 2 rings (SSSR count). The highest BCUT2D eigenvalue weighted by Gasteiger charge is 2.14. The molecule has 0 aliphatic rings. The molecular formula is C17H20ClNO. The van der Waals surface area contributed by atoms with E-state index in [0.717, 1.165) is 5.56 Å². The van der Waals surface area contributed by atoms with Crippen molar-refractivity contribution in [1.82, 2.24) is 5.32 Å². The van der Waals surface area contributed by atoms with E-state index < -0.39 is 0 Å². The lowest BCUT2D eigenvalue weighted by Crippen LogP contribution is -2.17. The molecule has 2 aromatic rings. The van der Waals surface area contributed by atoms with Crippen molar-refractivity contribution in [2.75, 3.05) is 14.2 Å². The van der Waals surface area contributed by atoms with Gasteiger partial charge in [0.2, 0.25) is 0 Å². The van der Waals surface area contributed by atoms with Crippen LogP contribution in [-0.2, 0) is 0 Å². The highest BCUT2D eigenvalue weighted by molar-refractivity contribution is 6.32. The number of rotatable bonds is 4. The summed E-state index contributed by atoms with van der Waals surface area (Å²) in [6.45, 7) is 4.25. The molecule has 2 nitrogen and oxygen atoms in total. The molecular weight excluding hydrogens is 270 g/mol. The summed E-state index contributed by atoms with van der Waals surface area (Å²) in [5.74, 6) is 0.699. The molecule has 0 bridgehead atoms. The van der Waals surface area contributed by atoms with Crippen LogP contribution in [0.2, 0.25) is 5.02 Å². The lowest BCUT2D eigenvalue weighted by molar-refractivity contribution is 0.414. The molecule has 2 aromatic carbocycles. The van der Waals surface area contributed by atoms with Crippen molar-refractivity contribution >= 4 is 11.6 Å². The Balaban J connectivity index is 2.41. The number of hydrogen-bond acceptors (Lipinski definition) is 2. The monoisotopic (exact) mass is 289 g/mol. The average molecular weight is 290 g/mol. The molecule has 3 heteroatoms. The van der Waals surface area contributed by atoms with Crippen molar-refractivity contribution in [3.63, 3.8) is 0 Å². The molecule has 0 saturated heterocycles. The van der Waals surface area contributed by atoms with Gasteiger partial charge in [-0.3, -0.25) is 0 Å². The maximum absolute atomic E-state index is 6.22. The van der Waals surface area contributed by atoms with Crippen LogP contribution in [0.15, 0.2) is 36.4 Å². The predicted molar refractivity (Wildman–Crippen MR) is 84.8 cm³/mol. The van der Waals surface area contributed by atoms with E-state index in [-0.39, 0.29) is 6.04 Å². The maximum Gasteiger partial charge on any atom is 0.137 e. The predicted octanol–water partition coefficient (Wildman–Crippen LogP) is 4.27. The quantitative estimate of drug-likeness (QED) is 0.907. The van der Waals surface area contributed by atoms with Gasteiger partial charge in [-0.2, -0.15) is 0 Å². The van der Waals surface area contributed by atoms with Gasteiger partial charge in [0.1, 0.15) is 5.75 Å². The molecule has 0 amide bonds. The molecule has 1 unspecified atom stereocenters. The number of methoxy groups -OCH3 is 1. The van der Waals surface area contributed by atoms with E-state index >= 15 is 0 Å². The second kappa shape index (κ2) is 6.29. The minimum atomic E-state index is 0.123. The van der Waals surface area contributed by atoms with Gasteiger partial charge in [0.15, 0.2) is 0 Å². The molecule has 106 valence electrons. The minimum Gasteiger partial charge on any atom is -0.495 e. The van der Waals surface area contributed by atoms with Gasteiger partial charge in [0.25, 0.3) is 0 Å². The van der Waals surface area contributed by atoms with Crippen molar-refractivity contribution in [1.29, 1.82) is 0 Å². The van der Waals surface area contributed by atoms with E-state index in [0.29, 0.717) is 10.8 Å². The zero-order valence-corrected chi connectivity index (χ0v) is 13.1. The molecule has 0 saturated carbocycles. The van der Waals surface area contributed by atoms with Gasteiger partial charge >= 0.3 is 0 Å². The van der Waals surface area contributed by atoms with Crippen molar-refractivity contribution in [3.05, 3.63) is 63.7 Å². The molecule has 1 atom stereocenters. The van der Waals surface area contributed by atoms with Crippen LogP contribution in [-0.4, -0.2) is 14.2 Å². The van der Waals surface area contributed by atoms with Crippen LogP contribution in [0.1, 0.15) is 28.3 Å². The minimum absolute atomic E-state index is 0.123. The molecule has 0 fully saturated rings. The van der Waals surface area contributed by atoms with Gasteiger partial charge in [-0.25, -0.2) is 0 Å². The summed E-state index contributed by atoms with van der Waals surface area (Å²) in [6, 6.07) is 12.6. The SMILES string of the molecule is CNC(c1ccc(C)c(C)c1)c1ccc(OC)c(Cl)c1. The second-order valence-corrected chi connectivity index (χ2v) is 5.37. The molecule has 0 aliphatic carbocycles. The van der Waals surface area contributed by atoms with Crippen molar-refractivity contribution in [2.45, 2.75) is 19.9 Å². The molecule has 0 radical (unpaired) electrons. The summed E-state index contributed by atoms with van der Waals surface area (Å²) in [4.78, 5) is 0. The van der Waals surface area contributed by atoms with Gasteiger partial charge in [0, 0.05) is 0 Å². The molecule has 20 heavy (non-hydrogen) atoms. The smallest absolute Gasteiger partial charge is 0.137 e. The van der Waals surface area contributed by atoms with E-state index in [1.165, 1.54) is 16.7 Å². The lowest BCUT2D eigenvalue weighted by atomic mass is 9.96. The second-order valence-electron chi connectivity index (χ2n) is 4.96. The van der Waals surface area contributed by atoms with Gasteiger partial charge < -0.3 is 10.1 Å². The Hall–Kier alpha value is -1.51. The van der Waals surface area contributed by atoms with Crippen LogP contribution >= 0.6 is 11.6 Å². The van der Waals surface area contributed by atoms with E-state index in [1.807, 2.05) is 25.2 Å². The van der Waals surface area contributed by atoms with E-state index in [9.17, 15) is 0 Å². The third kappa shape index (κ3) is 2.97. The lowest BCUT2D eigenvalue weighted by Gasteiger charge is -2.19. The number of nitrogens with one attached hydrogen (secondary N) is 1. The maximum atomic E-state index is 6.22. The summed E-state index contributed by atoms with van der Waals surface area (Å²) in [6.07, 6.45) is 0. The number of hydrogen-bond donors (Lipinski definition) is 1. The summed E-state index contributed by atoms with van der Waals surface area (Å²) >= 11 is 6.22. The molecule has 0 aliphatic heterocycles. The fourth-order valence-electron chi connectivity index (χ4n) is 2.33. The first-order chi connectivity index (χ1) is 9.56. The molecule has 0 aromatic heterocycles. The zero-order valence-electron chi connectivity index (χ0n) is 12.3. The Morgan fingerprint density at radius 2 is 1.65 bits per heavy atom. The van der Waals surface area contributed by atoms with E-state index in [4.69, 9.17) is 16.3 Å². The van der Waals surface area contributed by atoms with Crippen LogP contribution in [0.4, 0.5) is 0 Å². The summed E-state index contributed by atoms with van der Waals surface area (Å²) in [5.41, 5.74) is 4.96. The highest BCUT2D eigenvalue weighted by atomic mass is 35.5. The fraction of sp³-hybridized carbons (Fsp3) is 0.294. The van der Waals surface area contributed by atoms with Crippen molar-refractivity contribution < 1.29 is 4.74 Å². The Morgan fingerprint density at radius 3 is 2.20 bits per heavy atom. The van der Waals surface area contributed by atoms with Crippen molar-refractivity contribution in [3.8, 4) is 5.75 Å². The Bertz CT molecular complexity index is 610. The van der Waals surface area contributed by atoms with Gasteiger partial charge in [0.05, 0.1) is 18.2 Å². The molecule has 0 spiro atoms. The zero-order chi connectivity index (χ0) is 14.7. The Labute approximate surface area is 125 Å². The number of aryl methyl sites for hydroxylation is 2. The standard InChI is InChI=1S/C17H20ClNO/c1-11-5-6-13(9-12(11)2)17(19-3)14-7-8-16(20-4)15(18)10-14/h5-10,17,19H,1-4H3. The van der Waals surface area contributed by atoms with Gasteiger partial charge in [-0.05, 0) is 55.3 Å². The Morgan fingerprint density at radius 1 is 1.00 bits per heavy atom. The third-order valence-corrected chi connectivity index (χ3v) is 3.96. The summed E-state index contributed by atoms with van der Waals surface area (Å²) < 4.78 is 5.20. The third-order valence-electron chi connectivity index (χ3n) is 3.66.